The summed E-state index contributed by atoms with van der Waals surface area (Å²) in [6, 6.07) is 10.9. The van der Waals surface area contributed by atoms with Gasteiger partial charge in [-0.25, -0.2) is 13.2 Å². The van der Waals surface area contributed by atoms with Crippen molar-refractivity contribution in [3.8, 4) is 0 Å². The lowest BCUT2D eigenvalue weighted by atomic mass is 9.81. The predicted octanol–water partition coefficient (Wildman–Crippen LogP) is 5.68. The van der Waals surface area contributed by atoms with E-state index >= 15 is 0 Å². The maximum Gasteiger partial charge on any atom is 0.404 e. The number of rotatable bonds is 10. The summed E-state index contributed by atoms with van der Waals surface area (Å²) in [5.41, 5.74) is 8.20. The number of carbonyl (C=O) groups excluding carboxylic acids is 2. The van der Waals surface area contributed by atoms with Gasteiger partial charge < -0.3 is 15.8 Å². The van der Waals surface area contributed by atoms with E-state index in [0.717, 1.165) is 24.1 Å². The summed E-state index contributed by atoms with van der Waals surface area (Å²) in [6.45, 7) is 4.71. The molecule has 12 heteroatoms. The fourth-order valence-electron chi connectivity index (χ4n) is 6.11. The first-order chi connectivity index (χ1) is 19.8. The molecule has 2 atom stereocenters. The predicted molar refractivity (Wildman–Crippen MR) is 151 cm³/mol. The number of halogens is 3. The minimum atomic E-state index is -4.12. The van der Waals surface area contributed by atoms with Gasteiger partial charge in [0.05, 0.1) is 22.6 Å². The standard InChI is InChI=1S/C30H38F3N3O5S/c1-3-27-25-14-9-21(15-22(25)17-36(27)16-19-5-10-23(11-6-19)30(31,32)33)28(37)35-26(18-41-29(34)38)20-7-12-24(13-8-20)42(39,40)4-2/h7-9,12-15,19,23,26-27H,3-6,10-11,16-18H2,1-2H3,(H2,34,38)(H,35,37)/t19-,23-,26-,27+/m0/s1. The third-order valence-electron chi connectivity index (χ3n) is 8.49. The topological polar surface area (TPSA) is 119 Å². The van der Waals surface area contributed by atoms with Gasteiger partial charge in [-0.15, -0.1) is 0 Å². The number of nitrogens with one attached hydrogen (secondary N) is 1. The Balaban J connectivity index is 1.45. The number of ether oxygens (including phenoxy) is 1. The molecule has 0 aromatic heterocycles. The lowest BCUT2D eigenvalue weighted by Crippen LogP contribution is -2.33. The van der Waals surface area contributed by atoms with Gasteiger partial charge in [-0.3, -0.25) is 9.69 Å². The van der Waals surface area contributed by atoms with E-state index in [1.54, 1.807) is 25.1 Å². The molecule has 8 nitrogen and oxygen atoms in total. The molecule has 4 rings (SSSR count). The van der Waals surface area contributed by atoms with Crippen LogP contribution in [-0.4, -0.2) is 50.4 Å². The Bertz CT molecular complexity index is 1370. The summed E-state index contributed by atoms with van der Waals surface area (Å²) in [5, 5.41) is 2.86. The monoisotopic (exact) mass is 609 g/mol. The molecule has 1 aliphatic heterocycles. The van der Waals surface area contributed by atoms with Crippen LogP contribution in [0.3, 0.4) is 0 Å². The first-order valence-electron chi connectivity index (χ1n) is 14.3. The summed E-state index contributed by atoms with van der Waals surface area (Å²) in [4.78, 5) is 27.1. The Labute approximate surface area is 244 Å². The van der Waals surface area contributed by atoms with E-state index in [1.807, 2.05) is 12.1 Å². The van der Waals surface area contributed by atoms with Crippen molar-refractivity contribution >= 4 is 21.8 Å². The molecule has 0 spiro atoms. The Morgan fingerprint density at radius 1 is 1.07 bits per heavy atom. The molecule has 0 radical (unpaired) electrons. The van der Waals surface area contributed by atoms with Crippen molar-refractivity contribution in [1.29, 1.82) is 0 Å². The number of alkyl halides is 3. The minimum absolute atomic E-state index is 0.0505. The average Bonchev–Trinajstić information content (AvgIpc) is 3.30. The molecule has 0 bridgehead atoms. The van der Waals surface area contributed by atoms with E-state index in [2.05, 4.69) is 17.1 Å². The van der Waals surface area contributed by atoms with Crippen molar-refractivity contribution < 1.29 is 35.9 Å². The summed E-state index contributed by atoms with van der Waals surface area (Å²) < 4.78 is 68.6. The summed E-state index contributed by atoms with van der Waals surface area (Å²) in [7, 11) is -3.41. The molecule has 2 amide bonds. The number of hydrogen-bond acceptors (Lipinski definition) is 6. The minimum Gasteiger partial charge on any atom is -0.447 e. The van der Waals surface area contributed by atoms with Crippen LogP contribution >= 0.6 is 0 Å². The van der Waals surface area contributed by atoms with Crippen molar-refractivity contribution in [2.24, 2.45) is 17.6 Å². The molecule has 1 fully saturated rings. The van der Waals surface area contributed by atoms with Crippen LogP contribution < -0.4 is 11.1 Å². The molecule has 0 unspecified atom stereocenters. The van der Waals surface area contributed by atoms with E-state index in [0.29, 0.717) is 30.5 Å². The zero-order valence-corrected chi connectivity index (χ0v) is 24.6. The smallest absolute Gasteiger partial charge is 0.404 e. The highest BCUT2D eigenvalue weighted by Crippen LogP contribution is 2.42. The van der Waals surface area contributed by atoms with Crippen LogP contribution in [0.15, 0.2) is 47.4 Å². The number of sulfone groups is 1. The highest BCUT2D eigenvalue weighted by atomic mass is 32.2. The molecule has 2 aromatic rings. The van der Waals surface area contributed by atoms with Gasteiger partial charge in [-0.2, -0.15) is 13.2 Å². The summed E-state index contributed by atoms with van der Waals surface area (Å²) in [5.74, 6) is -1.45. The van der Waals surface area contributed by atoms with Gasteiger partial charge in [0.25, 0.3) is 5.91 Å². The maximum absolute atomic E-state index is 13.3. The molecule has 1 aliphatic carbocycles. The summed E-state index contributed by atoms with van der Waals surface area (Å²) in [6.07, 6.45) is -2.83. The number of carbonyl (C=O) groups is 2. The van der Waals surface area contributed by atoms with Gasteiger partial charge in [-0.1, -0.05) is 32.0 Å². The number of fused-ring (bicyclic) bond motifs is 1. The van der Waals surface area contributed by atoms with Gasteiger partial charge >= 0.3 is 12.3 Å². The number of nitrogens with zero attached hydrogens (tertiary/aromatic N) is 1. The fraction of sp³-hybridized carbons (Fsp3) is 0.533. The highest BCUT2D eigenvalue weighted by molar-refractivity contribution is 7.91. The number of amides is 2. The van der Waals surface area contributed by atoms with Crippen molar-refractivity contribution in [1.82, 2.24) is 10.2 Å². The molecule has 3 N–H and O–H groups in total. The first kappa shape index (κ1) is 31.8. The lowest BCUT2D eigenvalue weighted by Gasteiger charge is -2.34. The van der Waals surface area contributed by atoms with Gasteiger partial charge in [0.2, 0.25) is 0 Å². The van der Waals surface area contributed by atoms with Gasteiger partial charge in [0.15, 0.2) is 9.84 Å². The van der Waals surface area contributed by atoms with Gasteiger partial charge in [-0.05, 0) is 79.0 Å². The van der Waals surface area contributed by atoms with Crippen LogP contribution in [0.25, 0.3) is 0 Å². The lowest BCUT2D eigenvalue weighted by molar-refractivity contribution is -0.184. The third kappa shape index (κ3) is 7.44. The Morgan fingerprint density at radius 2 is 1.74 bits per heavy atom. The Kier molecular flexibility index (Phi) is 9.87. The molecular weight excluding hydrogens is 571 g/mol. The van der Waals surface area contributed by atoms with Crippen LogP contribution in [0.5, 0.6) is 0 Å². The van der Waals surface area contributed by atoms with Crippen molar-refractivity contribution in [2.75, 3.05) is 18.9 Å². The van der Waals surface area contributed by atoms with Crippen LogP contribution in [0, 0.1) is 11.8 Å². The quantitative estimate of drug-likeness (QED) is 0.358. The molecular formula is C30H38F3N3O5S. The Hall–Kier alpha value is -3.12. The fourth-order valence-corrected chi connectivity index (χ4v) is 7.00. The van der Waals surface area contributed by atoms with Crippen LogP contribution in [0.2, 0.25) is 0 Å². The number of primary amides is 1. The van der Waals surface area contributed by atoms with Gasteiger partial charge in [0, 0.05) is 24.7 Å². The zero-order valence-electron chi connectivity index (χ0n) is 23.8. The van der Waals surface area contributed by atoms with E-state index in [1.165, 1.54) is 12.1 Å². The van der Waals surface area contributed by atoms with Crippen molar-refractivity contribution in [3.05, 3.63) is 64.7 Å². The van der Waals surface area contributed by atoms with E-state index in [9.17, 15) is 31.2 Å². The average molecular weight is 610 g/mol. The molecule has 2 aliphatic rings. The van der Waals surface area contributed by atoms with Crippen molar-refractivity contribution in [3.63, 3.8) is 0 Å². The number of benzene rings is 2. The molecule has 0 saturated heterocycles. The SMILES string of the molecule is CC[C@@H]1c2ccc(C(=O)N[C@@H](COC(N)=O)c3ccc(S(=O)(=O)CC)cc3)cc2CN1C[C@H]1CC[C@H](C(F)(F)F)CC1. The third-order valence-corrected chi connectivity index (χ3v) is 10.2. The largest absolute Gasteiger partial charge is 0.447 e. The van der Waals surface area contributed by atoms with E-state index < -0.39 is 40.0 Å². The van der Waals surface area contributed by atoms with Crippen LogP contribution in [0.4, 0.5) is 18.0 Å². The molecule has 1 heterocycles. The second kappa shape index (κ2) is 13.0. The van der Waals surface area contributed by atoms with Crippen LogP contribution in [-0.2, 0) is 21.1 Å². The van der Waals surface area contributed by atoms with E-state index in [-0.39, 0.29) is 42.1 Å². The second-order valence-corrected chi connectivity index (χ2v) is 13.4. The normalized spacial score (nSPS) is 21.9. The van der Waals surface area contributed by atoms with E-state index in [4.69, 9.17) is 10.5 Å². The zero-order chi connectivity index (χ0) is 30.7. The number of nitrogens with two attached hydrogens (primary N) is 1. The molecule has 42 heavy (non-hydrogen) atoms. The Morgan fingerprint density at radius 3 is 2.31 bits per heavy atom. The molecule has 2 aromatic carbocycles. The second-order valence-electron chi connectivity index (χ2n) is 11.2. The van der Waals surface area contributed by atoms with Crippen molar-refractivity contribution in [2.45, 2.75) is 75.7 Å². The number of hydrogen-bond donors (Lipinski definition) is 2. The first-order valence-corrected chi connectivity index (χ1v) is 16.0. The van der Waals surface area contributed by atoms with Gasteiger partial charge in [0.1, 0.15) is 6.61 Å². The summed E-state index contributed by atoms with van der Waals surface area (Å²) >= 11 is 0. The highest BCUT2D eigenvalue weighted by Gasteiger charge is 2.42. The molecule has 1 saturated carbocycles. The maximum atomic E-state index is 13.3. The molecule has 230 valence electrons. The van der Waals surface area contributed by atoms with Crippen LogP contribution in [0.1, 0.15) is 85.1 Å².